The second-order valence-electron chi connectivity index (χ2n) is 8.89. The lowest BCUT2D eigenvalue weighted by atomic mass is 9.80. The summed E-state index contributed by atoms with van der Waals surface area (Å²) in [7, 11) is 0. The van der Waals surface area contributed by atoms with Gasteiger partial charge in [0.25, 0.3) is 5.56 Å². The zero-order valence-corrected chi connectivity index (χ0v) is 18.9. The first kappa shape index (κ1) is 19.6. The van der Waals surface area contributed by atoms with E-state index in [0.717, 1.165) is 66.4 Å². The van der Waals surface area contributed by atoms with Gasteiger partial charge in [0.2, 0.25) is 0 Å². The molecule has 162 valence electrons. The molecule has 6 aromatic rings. The van der Waals surface area contributed by atoms with Crippen molar-refractivity contribution in [3.8, 4) is 0 Å². The van der Waals surface area contributed by atoms with Crippen molar-refractivity contribution < 1.29 is 0 Å². The summed E-state index contributed by atoms with van der Waals surface area (Å²) in [5.41, 5.74) is 9.30. The van der Waals surface area contributed by atoms with E-state index in [1.54, 1.807) is 0 Å². The molecule has 6 rings (SSSR count). The predicted molar refractivity (Wildman–Crippen MR) is 136 cm³/mol. The van der Waals surface area contributed by atoms with Crippen molar-refractivity contribution in [2.45, 2.75) is 26.7 Å². The number of rotatable bonds is 3. The van der Waals surface area contributed by atoms with Gasteiger partial charge in [0.1, 0.15) is 0 Å². The molecule has 0 aliphatic heterocycles. The Morgan fingerprint density at radius 2 is 0.970 bits per heavy atom. The van der Waals surface area contributed by atoms with Crippen LogP contribution in [0.3, 0.4) is 0 Å². The van der Waals surface area contributed by atoms with Crippen LogP contribution in [0.1, 0.15) is 39.6 Å². The van der Waals surface area contributed by atoms with E-state index >= 15 is 0 Å². The highest BCUT2D eigenvalue weighted by Gasteiger charge is 2.30. The summed E-state index contributed by atoms with van der Waals surface area (Å²) < 4.78 is 0. The predicted octanol–water partition coefficient (Wildman–Crippen LogP) is 6.60. The second kappa shape index (κ2) is 7.24. The maximum absolute atomic E-state index is 13.7. The van der Waals surface area contributed by atoms with Crippen LogP contribution in [0.25, 0.3) is 32.7 Å². The second-order valence-corrected chi connectivity index (χ2v) is 8.89. The molecule has 0 aliphatic carbocycles. The van der Waals surface area contributed by atoms with E-state index < -0.39 is 0 Å². The number of para-hydroxylation sites is 3. The van der Waals surface area contributed by atoms with Crippen molar-refractivity contribution in [1.29, 1.82) is 0 Å². The summed E-state index contributed by atoms with van der Waals surface area (Å²) >= 11 is 0. The SMILES string of the molecule is Cc1[nH]c2ccccc2c1C(c1c(C)c2ccccc2[nH]c1=O)c1c(C)[nH]c2ccccc12. The normalized spacial score (nSPS) is 11.9. The Kier molecular flexibility index (Phi) is 4.31. The third-order valence-electron chi connectivity index (χ3n) is 6.98. The number of benzene rings is 3. The van der Waals surface area contributed by atoms with E-state index in [9.17, 15) is 4.79 Å². The zero-order valence-electron chi connectivity index (χ0n) is 18.9. The lowest BCUT2D eigenvalue weighted by molar-refractivity contribution is 0.927. The number of aromatic nitrogens is 3. The van der Waals surface area contributed by atoms with E-state index in [2.05, 4.69) is 78.2 Å². The van der Waals surface area contributed by atoms with E-state index in [1.165, 1.54) is 0 Å². The maximum atomic E-state index is 13.7. The highest BCUT2D eigenvalue weighted by atomic mass is 16.1. The van der Waals surface area contributed by atoms with Crippen LogP contribution in [-0.2, 0) is 0 Å². The molecule has 3 aromatic carbocycles. The van der Waals surface area contributed by atoms with E-state index in [0.29, 0.717) is 0 Å². The minimum Gasteiger partial charge on any atom is -0.358 e. The van der Waals surface area contributed by atoms with Crippen molar-refractivity contribution in [1.82, 2.24) is 15.0 Å². The Balaban J connectivity index is 1.79. The number of aromatic amines is 3. The van der Waals surface area contributed by atoms with Crippen molar-refractivity contribution >= 4 is 32.7 Å². The molecule has 0 amide bonds. The molecular formula is C29H25N3O. The molecule has 0 saturated carbocycles. The number of hydrogen-bond acceptors (Lipinski definition) is 1. The molecule has 4 heteroatoms. The van der Waals surface area contributed by atoms with Gasteiger partial charge in [0.05, 0.1) is 0 Å². The largest absolute Gasteiger partial charge is 0.358 e. The monoisotopic (exact) mass is 431 g/mol. The van der Waals surface area contributed by atoms with Gasteiger partial charge in [0, 0.05) is 55.6 Å². The van der Waals surface area contributed by atoms with Crippen molar-refractivity contribution in [2.75, 3.05) is 0 Å². The van der Waals surface area contributed by atoms with E-state index in [1.807, 2.05) is 30.3 Å². The molecule has 0 radical (unpaired) electrons. The Morgan fingerprint density at radius 3 is 1.48 bits per heavy atom. The molecule has 33 heavy (non-hydrogen) atoms. The average Bonchev–Trinajstić information content (AvgIpc) is 3.32. The first-order chi connectivity index (χ1) is 16.0. The van der Waals surface area contributed by atoms with Crippen LogP contribution in [0.5, 0.6) is 0 Å². The van der Waals surface area contributed by atoms with Gasteiger partial charge in [-0.3, -0.25) is 4.79 Å². The van der Waals surface area contributed by atoms with Crippen molar-refractivity contribution in [3.63, 3.8) is 0 Å². The number of pyridine rings is 1. The van der Waals surface area contributed by atoms with Crippen LogP contribution in [0, 0.1) is 20.8 Å². The standard InChI is InChI=1S/C29H25N3O/c1-16-19-10-4-7-13-22(19)32-29(33)25(16)28(26-17(2)30-23-14-8-5-11-20(23)26)27-18(3)31-24-15-9-6-12-21(24)27/h4-15,28,30-31H,1-3H3,(H,32,33). The Bertz CT molecular complexity index is 1650. The highest BCUT2D eigenvalue weighted by Crippen LogP contribution is 2.43. The summed E-state index contributed by atoms with van der Waals surface area (Å²) in [6.07, 6.45) is 0. The number of aryl methyl sites for hydroxylation is 3. The summed E-state index contributed by atoms with van der Waals surface area (Å²) in [6.45, 7) is 6.29. The van der Waals surface area contributed by atoms with Crippen molar-refractivity contribution in [2.24, 2.45) is 0 Å². The summed E-state index contributed by atoms with van der Waals surface area (Å²) in [5.74, 6) is -0.217. The van der Waals surface area contributed by atoms with Gasteiger partial charge in [-0.2, -0.15) is 0 Å². The van der Waals surface area contributed by atoms with Crippen LogP contribution in [0.4, 0.5) is 0 Å². The molecule has 3 aromatic heterocycles. The summed E-state index contributed by atoms with van der Waals surface area (Å²) in [6, 6.07) is 24.8. The number of nitrogens with one attached hydrogen (secondary N) is 3. The van der Waals surface area contributed by atoms with Crippen LogP contribution < -0.4 is 5.56 Å². The van der Waals surface area contributed by atoms with Crippen molar-refractivity contribution in [3.05, 3.63) is 117 Å². The van der Waals surface area contributed by atoms with Crippen LogP contribution in [-0.4, -0.2) is 15.0 Å². The van der Waals surface area contributed by atoms with Gasteiger partial charge < -0.3 is 15.0 Å². The fourth-order valence-electron chi connectivity index (χ4n) is 5.55. The molecule has 3 heterocycles. The molecule has 0 fully saturated rings. The molecule has 0 unspecified atom stereocenters. The van der Waals surface area contributed by atoms with E-state index in [-0.39, 0.29) is 11.5 Å². The summed E-state index contributed by atoms with van der Waals surface area (Å²) in [5, 5.41) is 3.38. The Hall–Kier alpha value is -4.05. The lowest BCUT2D eigenvalue weighted by Gasteiger charge is -2.22. The fourth-order valence-corrected chi connectivity index (χ4v) is 5.55. The van der Waals surface area contributed by atoms with Gasteiger partial charge in [-0.25, -0.2) is 0 Å². The average molecular weight is 432 g/mol. The van der Waals surface area contributed by atoms with Gasteiger partial charge in [-0.15, -0.1) is 0 Å². The van der Waals surface area contributed by atoms with Crippen LogP contribution in [0.2, 0.25) is 0 Å². The molecule has 0 spiro atoms. The molecule has 0 atom stereocenters. The van der Waals surface area contributed by atoms with E-state index in [4.69, 9.17) is 0 Å². The Labute approximate surface area is 191 Å². The third-order valence-corrected chi connectivity index (χ3v) is 6.98. The molecule has 4 nitrogen and oxygen atoms in total. The van der Waals surface area contributed by atoms with Gasteiger partial charge in [0.15, 0.2) is 0 Å². The Morgan fingerprint density at radius 1 is 0.545 bits per heavy atom. The zero-order chi connectivity index (χ0) is 22.7. The quantitative estimate of drug-likeness (QED) is 0.290. The fraction of sp³-hybridized carbons (Fsp3) is 0.138. The maximum Gasteiger partial charge on any atom is 0.252 e. The number of fused-ring (bicyclic) bond motifs is 3. The van der Waals surface area contributed by atoms with Gasteiger partial charge in [-0.05, 0) is 55.7 Å². The molecule has 0 saturated heterocycles. The first-order valence-corrected chi connectivity index (χ1v) is 11.3. The van der Waals surface area contributed by atoms with Crippen LogP contribution in [0.15, 0.2) is 77.6 Å². The smallest absolute Gasteiger partial charge is 0.252 e. The molecular weight excluding hydrogens is 406 g/mol. The number of H-pyrrole nitrogens is 3. The molecule has 0 bridgehead atoms. The topological polar surface area (TPSA) is 64.4 Å². The molecule has 0 aliphatic rings. The number of hydrogen-bond donors (Lipinski definition) is 3. The molecule has 3 N–H and O–H groups in total. The first-order valence-electron chi connectivity index (χ1n) is 11.3. The highest BCUT2D eigenvalue weighted by molar-refractivity contribution is 5.92. The minimum absolute atomic E-state index is 0.0365. The van der Waals surface area contributed by atoms with Gasteiger partial charge in [-0.1, -0.05) is 54.6 Å². The lowest BCUT2D eigenvalue weighted by Crippen LogP contribution is -2.21. The third kappa shape index (κ3) is 2.87. The van der Waals surface area contributed by atoms with Crippen LogP contribution >= 0.6 is 0 Å². The minimum atomic E-state index is -0.217. The summed E-state index contributed by atoms with van der Waals surface area (Å²) in [4.78, 5) is 24.0. The van der Waals surface area contributed by atoms with Gasteiger partial charge >= 0.3 is 0 Å².